The van der Waals surface area contributed by atoms with Gasteiger partial charge in [0.2, 0.25) is 0 Å². The Hall–Kier alpha value is -1.76. The van der Waals surface area contributed by atoms with E-state index in [2.05, 4.69) is 22.1 Å². The number of rotatable bonds is 5. The Morgan fingerprint density at radius 2 is 2.08 bits per heavy atom. The molecule has 0 saturated carbocycles. The molecule has 0 spiro atoms. The smallest absolute Gasteiger partial charge is 0.287 e. The van der Waals surface area contributed by atoms with Crippen LogP contribution in [0.15, 0.2) is 50.4 Å². The fourth-order valence-electron chi connectivity index (χ4n) is 3.13. The molecule has 6 heteroatoms. The van der Waals surface area contributed by atoms with Crippen molar-refractivity contribution in [2.45, 2.75) is 28.8 Å². The Bertz CT molecular complexity index is 852. The number of amides is 1. The number of hydrogen-bond donors (Lipinski definition) is 2. The van der Waals surface area contributed by atoms with Crippen LogP contribution in [0.1, 0.15) is 29.0 Å². The summed E-state index contributed by atoms with van der Waals surface area (Å²) in [6.07, 6.45) is 1.93. The van der Waals surface area contributed by atoms with Crippen LogP contribution in [-0.2, 0) is 5.75 Å². The molecule has 130 valence electrons. The number of thiophene rings is 1. The molecule has 3 aromatic rings. The van der Waals surface area contributed by atoms with Crippen LogP contribution >= 0.6 is 23.1 Å². The quantitative estimate of drug-likeness (QED) is 0.657. The highest BCUT2D eigenvalue weighted by Gasteiger charge is 2.23. The molecule has 0 bridgehead atoms. The number of piperidine rings is 1. The van der Waals surface area contributed by atoms with Gasteiger partial charge in [-0.25, -0.2) is 0 Å². The van der Waals surface area contributed by atoms with Crippen molar-refractivity contribution in [2.24, 2.45) is 0 Å². The summed E-state index contributed by atoms with van der Waals surface area (Å²) in [4.78, 5) is 12.8. The molecule has 1 aromatic carbocycles. The Balaban J connectivity index is 1.59. The van der Waals surface area contributed by atoms with Crippen molar-refractivity contribution in [3.63, 3.8) is 0 Å². The first-order valence-electron chi connectivity index (χ1n) is 8.49. The summed E-state index contributed by atoms with van der Waals surface area (Å²) in [6.45, 7) is 1.90. The van der Waals surface area contributed by atoms with Crippen LogP contribution in [-0.4, -0.2) is 25.0 Å². The van der Waals surface area contributed by atoms with E-state index in [9.17, 15) is 4.79 Å². The van der Waals surface area contributed by atoms with Gasteiger partial charge >= 0.3 is 0 Å². The van der Waals surface area contributed by atoms with Gasteiger partial charge < -0.3 is 15.1 Å². The summed E-state index contributed by atoms with van der Waals surface area (Å²) < 4.78 is 7.18. The van der Waals surface area contributed by atoms with E-state index in [-0.39, 0.29) is 11.9 Å². The van der Waals surface area contributed by atoms with Crippen molar-refractivity contribution in [2.75, 3.05) is 13.1 Å². The highest BCUT2D eigenvalue weighted by Crippen LogP contribution is 2.33. The average molecular weight is 373 g/mol. The fourth-order valence-corrected chi connectivity index (χ4v) is 4.94. The second-order valence-electron chi connectivity index (χ2n) is 6.12. The van der Waals surface area contributed by atoms with Crippen molar-refractivity contribution in [3.8, 4) is 0 Å². The Morgan fingerprint density at radius 1 is 1.24 bits per heavy atom. The van der Waals surface area contributed by atoms with Crippen molar-refractivity contribution < 1.29 is 9.21 Å². The Morgan fingerprint density at radius 3 is 2.88 bits per heavy atom. The zero-order chi connectivity index (χ0) is 17.1. The molecule has 0 aliphatic carbocycles. The predicted molar refractivity (Wildman–Crippen MR) is 103 cm³/mol. The topological polar surface area (TPSA) is 54.3 Å². The van der Waals surface area contributed by atoms with Gasteiger partial charge in [0.1, 0.15) is 5.58 Å². The average Bonchev–Trinajstić information content (AvgIpc) is 3.28. The van der Waals surface area contributed by atoms with Gasteiger partial charge in [0, 0.05) is 22.7 Å². The second-order valence-corrected chi connectivity index (χ2v) is 8.35. The molecule has 1 aliphatic rings. The van der Waals surface area contributed by atoms with Crippen molar-refractivity contribution in [1.82, 2.24) is 10.6 Å². The minimum atomic E-state index is -0.0927. The molecule has 4 rings (SSSR count). The maximum absolute atomic E-state index is 12.8. The molecule has 1 saturated heterocycles. The molecule has 0 radical (unpaired) electrons. The van der Waals surface area contributed by atoms with Crippen LogP contribution in [0, 0.1) is 0 Å². The summed E-state index contributed by atoms with van der Waals surface area (Å²) in [5.41, 5.74) is 1.76. The van der Waals surface area contributed by atoms with Gasteiger partial charge in [-0.1, -0.05) is 24.3 Å². The lowest BCUT2D eigenvalue weighted by molar-refractivity contribution is 0.0902. The molecule has 0 unspecified atom stereocenters. The number of thioether (sulfide) groups is 1. The number of carbonyl (C=O) groups is 1. The van der Waals surface area contributed by atoms with E-state index in [1.165, 1.54) is 4.21 Å². The second kappa shape index (κ2) is 7.64. The maximum atomic E-state index is 12.8. The number of fused-ring (bicyclic) bond motifs is 1. The van der Waals surface area contributed by atoms with E-state index in [1.54, 1.807) is 23.1 Å². The number of carbonyl (C=O) groups excluding carboxylic acids is 1. The van der Waals surface area contributed by atoms with Gasteiger partial charge in [-0.2, -0.15) is 0 Å². The standard InChI is InChI=1S/C19H20N2O2S2/c22-19(21-13-7-9-20-10-8-13)18-15(12-25-17-6-3-11-24-17)14-4-1-2-5-16(14)23-18/h1-6,11,13,20H,7-10,12H2,(H,21,22). The third-order valence-electron chi connectivity index (χ3n) is 4.43. The fraction of sp³-hybridized carbons (Fsp3) is 0.316. The van der Waals surface area contributed by atoms with E-state index in [0.29, 0.717) is 5.76 Å². The van der Waals surface area contributed by atoms with Crippen molar-refractivity contribution >= 4 is 40.0 Å². The van der Waals surface area contributed by atoms with E-state index in [4.69, 9.17) is 4.42 Å². The van der Waals surface area contributed by atoms with Crippen molar-refractivity contribution in [1.29, 1.82) is 0 Å². The summed E-state index contributed by atoms with van der Waals surface area (Å²) in [5.74, 6) is 1.10. The molecule has 2 aromatic heterocycles. The first-order valence-corrected chi connectivity index (χ1v) is 10.4. The monoisotopic (exact) mass is 372 g/mol. The largest absolute Gasteiger partial charge is 0.451 e. The van der Waals surface area contributed by atoms with Gasteiger partial charge in [-0.15, -0.1) is 23.1 Å². The van der Waals surface area contributed by atoms with Crippen LogP contribution in [0.2, 0.25) is 0 Å². The summed E-state index contributed by atoms with van der Waals surface area (Å²) in [6, 6.07) is 12.3. The van der Waals surface area contributed by atoms with Gasteiger partial charge in [-0.3, -0.25) is 4.79 Å². The number of furan rings is 1. The highest BCUT2D eigenvalue weighted by atomic mass is 32.2. The van der Waals surface area contributed by atoms with Crippen LogP contribution in [0.25, 0.3) is 11.0 Å². The number of benzene rings is 1. The molecular weight excluding hydrogens is 352 g/mol. The van der Waals surface area contributed by atoms with Gasteiger partial charge in [0.25, 0.3) is 5.91 Å². The zero-order valence-electron chi connectivity index (χ0n) is 13.8. The molecule has 25 heavy (non-hydrogen) atoms. The molecule has 1 aliphatic heterocycles. The van der Waals surface area contributed by atoms with E-state index < -0.39 is 0 Å². The SMILES string of the molecule is O=C(NC1CCNCC1)c1oc2ccccc2c1CSc1cccs1. The molecule has 4 nitrogen and oxygen atoms in total. The summed E-state index contributed by atoms with van der Waals surface area (Å²) in [5, 5.41) is 9.57. The van der Waals surface area contributed by atoms with Crippen LogP contribution in [0.5, 0.6) is 0 Å². The van der Waals surface area contributed by atoms with E-state index in [1.807, 2.05) is 30.3 Å². The van der Waals surface area contributed by atoms with E-state index in [0.717, 1.165) is 48.2 Å². The molecular formula is C19H20N2O2S2. The highest BCUT2D eigenvalue weighted by molar-refractivity contribution is 8.00. The number of para-hydroxylation sites is 1. The predicted octanol–water partition coefficient (Wildman–Crippen LogP) is 4.27. The van der Waals surface area contributed by atoms with E-state index >= 15 is 0 Å². The lowest BCUT2D eigenvalue weighted by Crippen LogP contribution is -2.42. The van der Waals surface area contributed by atoms with Crippen LogP contribution < -0.4 is 10.6 Å². The Labute approximate surface area is 155 Å². The third-order valence-corrected chi connectivity index (χ3v) is 6.59. The summed E-state index contributed by atoms with van der Waals surface area (Å²) >= 11 is 3.46. The van der Waals surface area contributed by atoms with Gasteiger partial charge in [0.05, 0.1) is 4.21 Å². The minimum Gasteiger partial charge on any atom is -0.451 e. The van der Waals surface area contributed by atoms with Crippen LogP contribution in [0.4, 0.5) is 0 Å². The molecule has 2 N–H and O–H groups in total. The number of nitrogens with one attached hydrogen (secondary N) is 2. The van der Waals surface area contributed by atoms with Crippen molar-refractivity contribution in [3.05, 3.63) is 53.1 Å². The van der Waals surface area contributed by atoms with Gasteiger partial charge in [-0.05, 0) is 43.4 Å². The lowest BCUT2D eigenvalue weighted by Gasteiger charge is -2.23. The minimum absolute atomic E-state index is 0.0927. The maximum Gasteiger partial charge on any atom is 0.287 e. The molecule has 1 amide bonds. The molecule has 3 heterocycles. The first kappa shape index (κ1) is 16.7. The van der Waals surface area contributed by atoms with Crippen LogP contribution in [0.3, 0.4) is 0 Å². The molecule has 1 fully saturated rings. The zero-order valence-corrected chi connectivity index (χ0v) is 15.4. The summed E-state index contributed by atoms with van der Waals surface area (Å²) in [7, 11) is 0. The van der Waals surface area contributed by atoms with Gasteiger partial charge in [0.15, 0.2) is 5.76 Å². The normalized spacial score (nSPS) is 15.5. The Kier molecular flexibility index (Phi) is 5.10. The third kappa shape index (κ3) is 3.76. The molecule has 0 atom stereocenters. The lowest BCUT2D eigenvalue weighted by atomic mass is 10.1. The first-order chi connectivity index (χ1) is 12.3. The number of hydrogen-bond acceptors (Lipinski definition) is 5.